The summed E-state index contributed by atoms with van der Waals surface area (Å²) in [5.41, 5.74) is 4.53. The number of hydrogen-bond acceptors (Lipinski definition) is 6. The Morgan fingerprint density at radius 2 is 0.694 bits per heavy atom. The Morgan fingerprint density at radius 3 is 0.944 bits per heavy atom. The summed E-state index contributed by atoms with van der Waals surface area (Å²) in [7, 11) is 0. The molecule has 0 atom stereocenters. The van der Waals surface area contributed by atoms with Crippen molar-refractivity contribution in [2.45, 2.75) is 25.7 Å². The lowest BCUT2D eigenvalue weighted by atomic mass is 10.2. The van der Waals surface area contributed by atoms with Crippen LogP contribution in [-0.4, -0.2) is 34.0 Å². The molecule has 186 valence electrons. The predicted molar refractivity (Wildman–Crippen MR) is 137 cm³/mol. The van der Waals surface area contributed by atoms with Crippen LogP contribution in [0.2, 0.25) is 0 Å². The van der Waals surface area contributed by atoms with Gasteiger partial charge in [0.05, 0.1) is 12.8 Å². The van der Waals surface area contributed by atoms with E-state index in [9.17, 15) is 19.2 Å². The van der Waals surface area contributed by atoms with Crippen molar-refractivity contribution in [2.75, 3.05) is 21.3 Å². The standard InChI is InChI=1S/C26H26N4O6/c31-23(13-15-25(33)34)29-21-9-5-19(6-10-21)27-17-1-2-18(4-3-17)28-20-7-11-22(12-8-20)30-24(32)14-16-26(35)36/h1-12,27-28H,13-16H2,(H,29,31)(H,30,32)(H,33,34)(H,35,36). The van der Waals surface area contributed by atoms with E-state index in [1.165, 1.54) is 0 Å². The number of amides is 2. The fraction of sp³-hybridized carbons (Fsp3) is 0.154. The molecule has 0 radical (unpaired) electrons. The third kappa shape index (κ3) is 8.82. The van der Waals surface area contributed by atoms with Crippen molar-refractivity contribution in [3.63, 3.8) is 0 Å². The molecule has 0 fully saturated rings. The van der Waals surface area contributed by atoms with Crippen LogP contribution in [0.25, 0.3) is 0 Å². The van der Waals surface area contributed by atoms with Gasteiger partial charge in [-0.1, -0.05) is 0 Å². The smallest absolute Gasteiger partial charge is 0.303 e. The minimum atomic E-state index is -1.01. The van der Waals surface area contributed by atoms with Crippen LogP contribution >= 0.6 is 0 Å². The van der Waals surface area contributed by atoms with E-state index < -0.39 is 11.9 Å². The van der Waals surface area contributed by atoms with Crippen LogP contribution in [0.15, 0.2) is 72.8 Å². The highest BCUT2D eigenvalue weighted by Gasteiger charge is 2.07. The minimum Gasteiger partial charge on any atom is -0.481 e. The lowest BCUT2D eigenvalue weighted by molar-refractivity contribution is -0.138. The van der Waals surface area contributed by atoms with Crippen molar-refractivity contribution >= 4 is 57.9 Å². The highest BCUT2D eigenvalue weighted by Crippen LogP contribution is 2.23. The molecule has 0 heterocycles. The maximum absolute atomic E-state index is 11.7. The maximum Gasteiger partial charge on any atom is 0.303 e. The van der Waals surface area contributed by atoms with Gasteiger partial charge in [-0.15, -0.1) is 0 Å². The first-order valence-electron chi connectivity index (χ1n) is 11.1. The normalized spacial score (nSPS) is 10.2. The minimum absolute atomic E-state index is 0.0783. The molecular weight excluding hydrogens is 464 g/mol. The molecule has 6 N–H and O–H groups in total. The quantitative estimate of drug-likeness (QED) is 0.212. The third-order valence-corrected chi connectivity index (χ3v) is 4.93. The van der Waals surface area contributed by atoms with Crippen molar-refractivity contribution in [3.05, 3.63) is 72.8 Å². The van der Waals surface area contributed by atoms with E-state index in [1.807, 2.05) is 24.3 Å². The molecule has 0 aliphatic rings. The summed E-state index contributed by atoms with van der Waals surface area (Å²) in [5.74, 6) is -2.73. The van der Waals surface area contributed by atoms with Gasteiger partial charge in [-0.05, 0) is 72.8 Å². The zero-order valence-electron chi connectivity index (χ0n) is 19.3. The number of nitrogens with one attached hydrogen (secondary N) is 4. The topological polar surface area (TPSA) is 157 Å². The van der Waals surface area contributed by atoms with Crippen LogP contribution in [0.3, 0.4) is 0 Å². The number of carboxylic acids is 2. The third-order valence-electron chi connectivity index (χ3n) is 4.93. The Hall–Kier alpha value is -4.86. The molecule has 3 aromatic rings. The summed E-state index contributed by atoms with van der Waals surface area (Å²) >= 11 is 0. The molecule has 3 rings (SSSR count). The zero-order chi connectivity index (χ0) is 25.9. The molecule has 0 aliphatic carbocycles. The SMILES string of the molecule is O=C(O)CCC(=O)Nc1ccc(Nc2ccc(Nc3ccc(NC(=O)CCC(=O)O)cc3)cc2)cc1. The first-order chi connectivity index (χ1) is 17.3. The molecule has 0 aromatic heterocycles. The van der Waals surface area contributed by atoms with Gasteiger partial charge in [-0.25, -0.2) is 0 Å². The van der Waals surface area contributed by atoms with Crippen LogP contribution in [0.1, 0.15) is 25.7 Å². The zero-order valence-corrected chi connectivity index (χ0v) is 19.3. The van der Waals surface area contributed by atoms with E-state index in [0.29, 0.717) is 11.4 Å². The summed E-state index contributed by atoms with van der Waals surface area (Å²) in [5, 5.41) is 29.1. The molecule has 10 nitrogen and oxygen atoms in total. The Bertz CT molecular complexity index is 1110. The summed E-state index contributed by atoms with van der Waals surface area (Å²) in [4.78, 5) is 44.6. The van der Waals surface area contributed by atoms with Gasteiger partial charge >= 0.3 is 11.9 Å². The van der Waals surface area contributed by atoms with Crippen molar-refractivity contribution in [3.8, 4) is 0 Å². The number of aliphatic carboxylic acids is 2. The Kier molecular flexibility index (Phi) is 8.99. The second-order valence-corrected chi connectivity index (χ2v) is 7.87. The summed E-state index contributed by atoms with van der Waals surface area (Å²) < 4.78 is 0. The average Bonchev–Trinajstić information content (AvgIpc) is 2.85. The molecule has 3 aromatic carbocycles. The van der Waals surface area contributed by atoms with Gasteiger partial charge in [0.2, 0.25) is 11.8 Å². The van der Waals surface area contributed by atoms with Gasteiger partial charge in [0.15, 0.2) is 0 Å². The number of benzene rings is 3. The number of carbonyl (C=O) groups excluding carboxylic acids is 2. The molecular formula is C26H26N4O6. The molecule has 0 spiro atoms. The van der Waals surface area contributed by atoms with Crippen LogP contribution in [0.5, 0.6) is 0 Å². The fourth-order valence-electron chi connectivity index (χ4n) is 3.13. The van der Waals surface area contributed by atoms with Crippen molar-refractivity contribution in [2.24, 2.45) is 0 Å². The van der Waals surface area contributed by atoms with E-state index in [-0.39, 0.29) is 37.5 Å². The Morgan fingerprint density at radius 1 is 0.444 bits per heavy atom. The first kappa shape index (κ1) is 25.8. The molecule has 0 aliphatic heterocycles. The number of carbonyl (C=O) groups is 4. The molecule has 0 saturated heterocycles. The molecule has 0 saturated carbocycles. The van der Waals surface area contributed by atoms with Crippen LogP contribution in [0, 0.1) is 0 Å². The van der Waals surface area contributed by atoms with E-state index >= 15 is 0 Å². The van der Waals surface area contributed by atoms with E-state index in [2.05, 4.69) is 21.3 Å². The van der Waals surface area contributed by atoms with Crippen molar-refractivity contribution in [1.82, 2.24) is 0 Å². The van der Waals surface area contributed by atoms with E-state index in [4.69, 9.17) is 10.2 Å². The first-order valence-corrected chi connectivity index (χ1v) is 11.1. The average molecular weight is 491 g/mol. The van der Waals surface area contributed by atoms with Gasteiger partial charge < -0.3 is 31.5 Å². The number of carboxylic acid groups (broad SMARTS) is 2. The van der Waals surface area contributed by atoms with Crippen LogP contribution < -0.4 is 21.3 Å². The van der Waals surface area contributed by atoms with Gasteiger partial charge in [0, 0.05) is 47.0 Å². The lowest BCUT2D eigenvalue weighted by Crippen LogP contribution is -2.13. The van der Waals surface area contributed by atoms with Gasteiger partial charge in [0.1, 0.15) is 0 Å². The fourth-order valence-corrected chi connectivity index (χ4v) is 3.13. The Balaban J connectivity index is 1.48. The number of rotatable bonds is 12. The van der Waals surface area contributed by atoms with Gasteiger partial charge in [-0.2, -0.15) is 0 Å². The van der Waals surface area contributed by atoms with Crippen molar-refractivity contribution < 1.29 is 29.4 Å². The summed E-state index contributed by atoms with van der Waals surface area (Å²) in [6.45, 7) is 0. The highest BCUT2D eigenvalue weighted by molar-refractivity contribution is 5.93. The monoisotopic (exact) mass is 490 g/mol. The largest absolute Gasteiger partial charge is 0.481 e. The molecule has 10 heteroatoms. The summed E-state index contributed by atoms with van der Waals surface area (Å²) in [6, 6.07) is 21.8. The molecule has 36 heavy (non-hydrogen) atoms. The lowest BCUT2D eigenvalue weighted by Gasteiger charge is -2.11. The molecule has 2 amide bonds. The van der Waals surface area contributed by atoms with Gasteiger partial charge in [-0.3, -0.25) is 19.2 Å². The van der Waals surface area contributed by atoms with E-state index in [0.717, 1.165) is 22.7 Å². The predicted octanol–water partition coefficient (Wildman–Crippen LogP) is 4.78. The van der Waals surface area contributed by atoms with E-state index in [1.54, 1.807) is 48.5 Å². The number of anilines is 6. The van der Waals surface area contributed by atoms with Crippen LogP contribution in [0.4, 0.5) is 34.1 Å². The second kappa shape index (κ2) is 12.6. The van der Waals surface area contributed by atoms with Crippen LogP contribution in [-0.2, 0) is 19.2 Å². The Labute approximate surface area is 207 Å². The second-order valence-electron chi connectivity index (χ2n) is 7.87. The molecule has 0 bridgehead atoms. The highest BCUT2D eigenvalue weighted by atomic mass is 16.4. The van der Waals surface area contributed by atoms with Gasteiger partial charge in [0.25, 0.3) is 0 Å². The summed E-state index contributed by atoms with van der Waals surface area (Å²) in [6.07, 6.45) is -0.581. The molecule has 0 unspecified atom stereocenters. The van der Waals surface area contributed by atoms with Crippen molar-refractivity contribution in [1.29, 1.82) is 0 Å². The number of hydrogen-bond donors (Lipinski definition) is 6. The maximum atomic E-state index is 11.7.